The highest BCUT2D eigenvalue weighted by atomic mass is 32.2. The SMILES string of the molecule is O=C(Nc1cccnc1)C1CCCN(S(=O)(=O)c2ccc(-n3cnnn3)cc2)C1. The van der Waals surface area contributed by atoms with Gasteiger partial charge in [0.25, 0.3) is 0 Å². The monoisotopic (exact) mass is 413 g/mol. The van der Waals surface area contributed by atoms with E-state index in [1.165, 1.54) is 27.4 Å². The summed E-state index contributed by atoms with van der Waals surface area (Å²) in [6, 6.07) is 9.79. The molecule has 1 aliphatic heterocycles. The molecule has 1 unspecified atom stereocenters. The molecule has 0 bridgehead atoms. The third-order valence-corrected chi connectivity index (χ3v) is 6.65. The number of piperidine rings is 1. The Kier molecular flexibility index (Phi) is 5.32. The maximum Gasteiger partial charge on any atom is 0.243 e. The Morgan fingerprint density at radius 2 is 2.00 bits per heavy atom. The van der Waals surface area contributed by atoms with Crippen molar-refractivity contribution in [2.45, 2.75) is 17.7 Å². The standard InChI is InChI=1S/C18H19N7O3S/c26-18(21-15-4-1-9-19-11-15)14-3-2-10-24(12-14)29(27,28)17-7-5-16(6-8-17)25-13-20-22-23-25/h1,4-9,11,13-14H,2-3,10,12H2,(H,21,26). The number of sulfonamides is 1. The fourth-order valence-corrected chi connectivity index (χ4v) is 4.78. The van der Waals surface area contributed by atoms with Gasteiger partial charge in [-0.15, -0.1) is 5.10 Å². The van der Waals surface area contributed by atoms with Gasteiger partial charge in [0.05, 0.1) is 28.4 Å². The van der Waals surface area contributed by atoms with Crippen molar-refractivity contribution in [3.05, 3.63) is 55.1 Å². The molecule has 1 saturated heterocycles. The average Bonchev–Trinajstić information content (AvgIpc) is 3.30. The smallest absolute Gasteiger partial charge is 0.243 e. The highest BCUT2D eigenvalue weighted by Crippen LogP contribution is 2.25. The van der Waals surface area contributed by atoms with Crippen LogP contribution in [0.1, 0.15) is 12.8 Å². The van der Waals surface area contributed by atoms with Crippen LogP contribution in [0, 0.1) is 5.92 Å². The fraction of sp³-hybridized carbons (Fsp3) is 0.278. The molecule has 1 aliphatic rings. The molecule has 10 nitrogen and oxygen atoms in total. The maximum absolute atomic E-state index is 13.0. The molecule has 0 spiro atoms. The zero-order chi connectivity index (χ0) is 20.3. The zero-order valence-corrected chi connectivity index (χ0v) is 16.2. The maximum atomic E-state index is 13.0. The van der Waals surface area contributed by atoms with Crippen LogP contribution in [0.25, 0.3) is 5.69 Å². The normalized spacial score (nSPS) is 17.7. The van der Waals surface area contributed by atoms with Gasteiger partial charge in [0, 0.05) is 19.3 Å². The second-order valence-electron chi connectivity index (χ2n) is 6.68. The molecular weight excluding hydrogens is 394 g/mol. The molecule has 2 aromatic heterocycles. The molecular formula is C18H19N7O3S. The molecule has 11 heteroatoms. The zero-order valence-electron chi connectivity index (χ0n) is 15.4. The molecule has 150 valence electrons. The minimum atomic E-state index is -3.71. The minimum absolute atomic E-state index is 0.142. The Balaban J connectivity index is 1.47. The van der Waals surface area contributed by atoms with Crippen LogP contribution in [0.2, 0.25) is 0 Å². The number of amides is 1. The van der Waals surface area contributed by atoms with Crippen LogP contribution in [0.3, 0.4) is 0 Å². The number of aromatic nitrogens is 5. The molecule has 1 fully saturated rings. The highest BCUT2D eigenvalue weighted by Gasteiger charge is 2.33. The van der Waals surface area contributed by atoms with E-state index < -0.39 is 15.9 Å². The van der Waals surface area contributed by atoms with E-state index in [0.717, 1.165) is 0 Å². The Bertz CT molecular complexity index is 1070. The van der Waals surface area contributed by atoms with E-state index in [0.29, 0.717) is 30.8 Å². The van der Waals surface area contributed by atoms with Gasteiger partial charge in [-0.2, -0.15) is 4.31 Å². The molecule has 29 heavy (non-hydrogen) atoms. The molecule has 1 N–H and O–H groups in total. The summed E-state index contributed by atoms with van der Waals surface area (Å²) in [7, 11) is -3.71. The van der Waals surface area contributed by atoms with Crippen LogP contribution in [0.4, 0.5) is 5.69 Å². The largest absolute Gasteiger partial charge is 0.324 e. The first-order valence-corrected chi connectivity index (χ1v) is 10.5. The van der Waals surface area contributed by atoms with E-state index in [1.807, 2.05) is 0 Å². The summed E-state index contributed by atoms with van der Waals surface area (Å²) < 4.78 is 28.9. The van der Waals surface area contributed by atoms with Gasteiger partial charge in [0.2, 0.25) is 15.9 Å². The first-order valence-electron chi connectivity index (χ1n) is 9.08. The third kappa shape index (κ3) is 4.15. The van der Waals surface area contributed by atoms with E-state index in [4.69, 9.17) is 0 Å². The lowest BCUT2D eigenvalue weighted by atomic mass is 9.99. The van der Waals surface area contributed by atoms with Crippen LogP contribution < -0.4 is 5.32 Å². The van der Waals surface area contributed by atoms with Gasteiger partial charge in [0.1, 0.15) is 6.33 Å². The summed E-state index contributed by atoms with van der Waals surface area (Å²) in [5, 5.41) is 13.7. The molecule has 0 aliphatic carbocycles. The van der Waals surface area contributed by atoms with Crippen LogP contribution in [0.5, 0.6) is 0 Å². The van der Waals surface area contributed by atoms with E-state index >= 15 is 0 Å². The summed E-state index contributed by atoms with van der Waals surface area (Å²) in [5.41, 5.74) is 1.25. The summed E-state index contributed by atoms with van der Waals surface area (Å²) in [6.45, 7) is 0.525. The van der Waals surface area contributed by atoms with Gasteiger partial charge in [-0.3, -0.25) is 9.78 Å². The van der Waals surface area contributed by atoms with Crippen molar-refractivity contribution in [3.63, 3.8) is 0 Å². The number of benzene rings is 1. The number of pyridine rings is 1. The van der Waals surface area contributed by atoms with Crippen LogP contribution in [-0.2, 0) is 14.8 Å². The van der Waals surface area contributed by atoms with Crippen molar-refractivity contribution in [3.8, 4) is 5.69 Å². The lowest BCUT2D eigenvalue weighted by molar-refractivity contribution is -0.120. The van der Waals surface area contributed by atoms with Crippen LogP contribution in [0.15, 0.2) is 60.0 Å². The van der Waals surface area contributed by atoms with Crippen molar-refractivity contribution in [1.29, 1.82) is 0 Å². The molecule has 1 atom stereocenters. The average molecular weight is 413 g/mol. The Morgan fingerprint density at radius 1 is 1.17 bits per heavy atom. The molecule has 3 heterocycles. The van der Waals surface area contributed by atoms with Gasteiger partial charge in [-0.05, 0) is 59.7 Å². The highest BCUT2D eigenvalue weighted by molar-refractivity contribution is 7.89. The molecule has 3 aromatic rings. The lowest BCUT2D eigenvalue weighted by Gasteiger charge is -2.31. The van der Waals surface area contributed by atoms with E-state index in [2.05, 4.69) is 25.8 Å². The fourth-order valence-electron chi connectivity index (χ4n) is 3.26. The number of anilines is 1. The van der Waals surface area contributed by atoms with E-state index in [-0.39, 0.29) is 17.3 Å². The Labute approximate surface area is 167 Å². The number of hydrogen-bond donors (Lipinski definition) is 1. The van der Waals surface area contributed by atoms with Crippen molar-refractivity contribution >= 4 is 21.6 Å². The van der Waals surface area contributed by atoms with Crippen molar-refractivity contribution in [2.75, 3.05) is 18.4 Å². The predicted octanol–water partition coefficient (Wildman–Crippen LogP) is 1.10. The van der Waals surface area contributed by atoms with E-state index in [9.17, 15) is 13.2 Å². The summed E-state index contributed by atoms with van der Waals surface area (Å²) in [6.07, 6.45) is 5.86. The Hall–Kier alpha value is -3.18. The predicted molar refractivity (Wildman–Crippen MR) is 104 cm³/mol. The molecule has 4 rings (SSSR count). The first-order chi connectivity index (χ1) is 14.0. The molecule has 1 aromatic carbocycles. The number of tetrazole rings is 1. The first kappa shape index (κ1) is 19.2. The molecule has 0 saturated carbocycles. The number of carbonyl (C=O) groups is 1. The van der Waals surface area contributed by atoms with E-state index in [1.54, 1.807) is 36.7 Å². The van der Waals surface area contributed by atoms with Crippen molar-refractivity contribution in [2.24, 2.45) is 5.92 Å². The molecule has 0 radical (unpaired) electrons. The summed E-state index contributed by atoms with van der Waals surface area (Å²) >= 11 is 0. The number of nitrogens with zero attached hydrogens (tertiary/aromatic N) is 6. The second kappa shape index (κ2) is 8.05. The quantitative estimate of drug-likeness (QED) is 0.664. The molecule has 1 amide bonds. The van der Waals surface area contributed by atoms with Gasteiger partial charge < -0.3 is 5.32 Å². The topological polar surface area (TPSA) is 123 Å². The van der Waals surface area contributed by atoms with Crippen LogP contribution >= 0.6 is 0 Å². The number of nitrogens with one attached hydrogen (secondary N) is 1. The van der Waals surface area contributed by atoms with Crippen molar-refractivity contribution < 1.29 is 13.2 Å². The second-order valence-corrected chi connectivity index (χ2v) is 8.62. The van der Waals surface area contributed by atoms with Crippen LogP contribution in [-0.4, -0.2) is 56.9 Å². The third-order valence-electron chi connectivity index (χ3n) is 4.77. The van der Waals surface area contributed by atoms with Crippen molar-refractivity contribution in [1.82, 2.24) is 29.5 Å². The Morgan fingerprint density at radius 3 is 2.69 bits per heavy atom. The summed E-state index contributed by atoms with van der Waals surface area (Å²) in [5.74, 6) is -0.619. The van der Waals surface area contributed by atoms with Gasteiger partial charge in [-0.25, -0.2) is 13.1 Å². The number of hydrogen-bond acceptors (Lipinski definition) is 7. The number of carbonyl (C=O) groups excluding carboxylic acids is 1. The van der Waals surface area contributed by atoms with Gasteiger partial charge >= 0.3 is 0 Å². The van der Waals surface area contributed by atoms with Gasteiger partial charge in [-0.1, -0.05) is 0 Å². The minimum Gasteiger partial charge on any atom is -0.324 e. The lowest BCUT2D eigenvalue weighted by Crippen LogP contribution is -2.43. The number of rotatable bonds is 5. The summed E-state index contributed by atoms with van der Waals surface area (Å²) in [4.78, 5) is 16.7. The van der Waals surface area contributed by atoms with Gasteiger partial charge in [0.15, 0.2) is 0 Å².